The third-order valence-corrected chi connectivity index (χ3v) is 2.48. The molecule has 0 spiro atoms. The quantitative estimate of drug-likeness (QED) is 0.684. The number of hydrogen-bond donors (Lipinski definition) is 2. The van der Waals surface area contributed by atoms with E-state index in [0.717, 1.165) is 16.6 Å². The molecule has 3 heterocycles. The maximum atomic E-state index is 5.87. The van der Waals surface area contributed by atoms with Gasteiger partial charge in [-0.3, -0.25) is 0 Å². The van der Waals surface area contributed by atoms with Crippen molar-refractivity contribution in [2.24, 2.45) is 0 Å². The standard InChI is InChI=1S/C11H9BN4.C2H6/c13-9-8-3-5-14-11(8)16-10(15-9)7-2-1-4-12-6-7;1-2/h1-6H,(H3,13,14,15,16);1-2H3. The Morgan fingerprint density at radius 3 is 2.78 bits per heavy atom. The van der Waals surface area contributed by atoms with E-state index in [1.807, 2.05) is 57.1 Å². The Morgan fingerprint density at radius 1 is 1.22 bits per heavy atom. The van der Waals surface area contributed by atoms with Gasteiger partial charge in [-0.15, -0.1) is 0 Å². The van der Waals surface area contributed by atoms with E-state index in [-0.39, 0.29) is 0 Å². The number of aromatic amines is 1. The number of nitrogens with zero attached hydrogens (tertiary/aromatic N) is 2. The number of nitrogens with two attached hydrogens (primary N) is 1. The second-order valence-electron chi connectivity index (χ2n) is 3.54. The summed E-state index contributed by atoms with van der Waals surface area (Å²) in [6.45, 7) is 5.95. The number of rotatable bonds is 1. The van der Waals surface area contributed by atoms with Gasteiger partial charge < -0.3 is 0 Å². The number of nitrogens with one attached hydrogen (secondary N) is 1. The van der Waals surface area contributed by atoms with Crippen LogP contribution < -0.4 is 5.73 Å². The predicted octanol–water partition coefficient (Wildman–Crippen LogP) is 2.57. The topological polar surface area (TPSA) is 67.6 Å². The second kappa shape index (κ2) is 5.45. The molecule has 0 atom stereocenters. The fourth-order valence-corrected chi connectivity index (χ4v) is 1.68. The van der Waals surface area contributed by atoms with Crippen LogP contribution in [-0.4, -0.2) is 21.9 Å². The molecule has 0 aliphatic heterocycles. The van der Waals surface area contributed by atoms with Crippen LogP contribution in [0.3, 0.4) is 0 Å². The molecule has 3 N–H and O–H groups in total. The van der Waals surface area contributed by atoms with Gasteiger partial charge in [0.05, 0.1) is 0 Å². The minimum atomic E-state index is 0.505. The zero-order chi connectivity index (χ0) is 13.0. The molecule has 3 aromatic rings. The molecular weight excluding hydrogens is 223 g/mol. The molecular formula is C13H15BN4. The van der Waals surface area contributed by atoms with Gasteiger partial charge in [0.1, 0.15) is 0 Å². The summed E-state index contributed by atoms with van der Waals surface area (Å²) in [6.07, 6.45) is 1.81. The first-order chi connectivity index (χ1) is 8.84. The van der Waals surface area contributed by atoms with E-state index in [2.05, 4.69) is 15.0 Å². The van der Waals surface area contributed by atoms with Crippen LogP contribution in [0, 0.1) is 0 Å². The fourth-order valence-electron chi connectivity index (χ4n) is 1.68. The number of fused-ring (bicyclic) bond motifs is 1. The molecule has 0 saturated heterocycles. The Hall–Kier alpha value is -2.17. The van der Waals surface area contributed by atoms with Gasteiger partial charge in [-0.2, -0.15) is 0 Å². The maximum absolute atomic E-state index is 5.87. The van der Waals surface area contributed by atoms with Gasteiger partial charge in [-0.1, -0.05) is 13.8 Å². The zero-order valence-electron chi connectivity index (χ0n) is 10.5. The molecule has 0 saturated carbocycles. The van der Waals surface area contributed by atoms with E-state index in [4.69, 9.17) is 5.73 Å². The van der Waals surface area contributed by atoms with Crippen molar-refractivity contribution in [2.75, 3.05) is 5.73 Å². The summed E-state index contributed by atoms with van der Waals surface area (Å²) in [5.74, 6) is 5.07. The van der Waals surface area contributed by atoms with Crippen molar-refractivity contribution in [1.29, 1.82) is 0 Å². The van der Waals surface area contributed by atoms with Crippen molar-refractivity contribution in [2.45, 2.75) is 13.8 Å². The summed E-state index contributed by atoms with van der Waals surface area (Å²) in [7, 11) is 0. The first-order valence-electron chi connectivity index (χ1n) is 6.00. The van der Waals surface area contributed by atoms with E-state index < -0.39 is 0 Å². The van der Waals surface area contributed by atoms with Crippen molar-refractivity contribution in [3.8, 4) is 11.4 Å². The van der Waals surface area contributed by atoms with Crippen molar-refractivity contribution in [3.05, 3.63) is 36.3 Å². The van der Waals surface area contributed by atoms with Crippen LogP contribution in [0.1, 0.15) is 13.8 Å². The summed E-state index contributed by atoms with van der Waals surface area (Å²) in [5, 5.41) is 0.861. The summed E-state index contributed by atoms with van der Waals surface area (Å²) in [5.41, 5.74) is 7.60. The van der Waals surface area contributed by atoms with E-state index in [1.165, 1.54) is 0 Å². The Bertz CT molecular complexity index is 634. The predicted molar refractivity (Wildman–Crippen MR) is 76.4 cm³/mol. The average molecular weight is 238 g/mol. The van der Waals surface area contributed by atoms with Gasteiger partial charge >= 0.3 is 92.2 Å². The van der Waals surface area contributed by atoms with Gasteiger partial charge in [-0.05, 0) is 0 Å². The van der Waals surface area contributed by atoms with Crippen LogP contribution in [-0.2, 0) is 0 Å². The van der Waals surface area contributed by atoms with Gasteiger partial charge in [0, 0.05) is 0 Å². The van der Waals surface area contributed by atoms with Crippen LogP contribution in [0.2, 0.25) is 0 Å². The normalized spacial score (nSPS) is 9.67. The number of hydrogen-bond acceptors (Lipinski definition) is 3. The zero-order valence-corrected chi connectivity index (χ0v) is 10.5. The molecule has 0 aromatic carbocycles. The van der Waals surface area contributed by atoms with E-state index >= 15 is 0 Å². The molecule has 0 aliphatic carbocycles. The summed E-state index contributed by atoms with van der Waals surface area (Å²) in [4.78, 5) is 11.7. The molecule has 5 heteroatoms. The van der Waals surface area contributed by atoms with Crippen molar-refractivity contribution in [3.63, 3.8) is 0 Å². The average Bonchev–Trinajstić information content (AvgIpc) is 2.91. The van der Waals surface area contributed by atoms with E-state index in [9.17, 15) is 0 Å². The van der Waals surface area contributed by atoms with Crippen LogP contribution in [0.25, 0.3) is 22.4 Å². The third-order valence-electron chi connectivity index (χ3n) is 2.48. The first kappa shape index (κ1) is 12.3. The molecule has 0 unspecified atom stereocenters. The Morgan fingerprint density at radius 2 is 2.06 bits per heavy atom. The van der Waals surface area contributed by atoms with Crippen LogP contribution in [0.4, 0.5) is 5.82 Å². The molecule has 0 bridgehead atoms. The van der Waals surface area contributed by atoms with Gasteiger partial charge in [0.2, 0.25) is 0 Å². The molecule has 0 aliphatic rings. The molecule has 4 nitrogen and oxygen atoms in total. The van der Waals surface area contributed by atoms with E-state index in [1.54, 1.807) is 0 Å². The molecule has 0 radical (unpaired) electrons. The number of anilines is 1. The van der Waals surface area contributed by atoms with Crippen molar-refractivity contribution < 1.29 is 0 Å². The molecule has 0 amide bonds. The molecule has 3 rings (SSSR count). The number of H-pyrrole nitrogens is 1. The van der Waals surface area contributed by atoms with Crippen molar-refractivity contribution in [1.82, 2.24) is 15.0 Å². The molecule has 18 heavy (non-hydrogen) atoms. The SMILES string of the molecule is CC.Nc1nc(-c2cbccc2)nc2[nH]ccc12. The van der Waals surface area contributed by atoms with Gasteiger partial charge in [0.15, 0.2) is 0 Å². The van der Waals surface area contributed by atoms with E-state index in [0.29, 0.717) is 11.6 Å². The van der Waals surface area contributed by atoms with Crippen molar-refractivity contribution >= 4 is 23.8 Å². The molecule has 90 valence electrons. The Labute approximate surface area is 106 Å². The molecule has 0 fully saturated rings. The third kappa shape index (κ3) is 2.25. The van der Waals surface area contributed by atoms with Gasteiger partial charge in [0.25, 0.3) is 0 Å². The second-order valence-corrected chi connectivity index (χ2v) is 3.54. The Balaban J connectivity index is 0.000000574. The fraction of sp³-hybridized carbons (Fsp3) is 0.154. The summed E-state index contributed by atoms with van der Waals surface area (Å²) >= 11 is 0. The summed E-state index contributed by atoms with van der Waals surface area (Å²) in [6, 6.07) is 5.79. The van der Waals surface area contributed by atoms with Crippen LogP contribution >= 0.6 is 0 Å². The van der Waals surface area contributed by atoms with Gasteiger partial charge in [-0.25, -0.2) is 0 Å². The van der Waals surface area contributed by atoms with Crippen LogP contribution in [0.5, 0.6) is 0 Å². The first-order valence-corrected chi connectivity index (χ1v) is 6.00. The summed E-state index contributed by atoms with van der Waals surface area (Å²) < 4.78 is 0. The Kier molecular flexibility index (Phi) is 3.72. The number of nitrogen functional groups attached to an aromatic ring is 1. The van der Waals surface area contributed by atoms with Crippen LogP contribution in [0.15, 0.2) is 36.3 Å². The number of aromatic nitrogens is 3. The molecule has 3 aromatic heterocycles. The monoisotopic (exact) mass is 238 g/mol. The minimum absolute atomic E-state index is 0.505.